The highest BCUT2D eigenvalue weighted by atomic mass is 16.6. The molecular formula is C30H28N2O6. The molecule has 0 unspecified atom stereocenters. The molecule has 8 nitrogen and oxygen atoms in total. The quantitative estimate of drug-likeness (QED) is 0.362. The van der Waals surface area contributed by atoms with Crippen LogP contribution in [0.2, 0.25) is 0 Å². The Morgan fingerprint density at radius 1 is 0.947 bits per heavy atom. The smallest absolute Gasteiger partial charge is 0.244 e. The lowest BCUT2D eigenvalue weighted by atomic mass is 9.98. The molecule has 2 heterocycles. The van der Waals surface area contributed by atoms with E-state index >= 15 is 0 Å². The fraction of sp³-hybridized carbons (Fsp3) is 0.233. The first-order valence-corrected chi connectivity index (χ1v) is 12.5. The van der Waals surface area contributed by atoms with E-state index in [0.717, 1.165) is 11.1 Å². The Labute approximate surface area is 219 Å². The Balaban J connectivity index is 1.55. The second-order valence-electron chi connectivity index (χ2n) is 9.15. The number of aryl methyl sites for hydroxylation is 2. The molecule has 1 aromatic heterocycles. The van der Waals surface area contributed by atoms with E-state index in [1.165, 1.54) is 6.20 Å². The molecule has 1 N–H and O–H groups in total. The van der Waals surface area contributed by atoms with Crippen molar-refractivity contribution in [3.63, 3.8) is 0 Å². The largest absolute Gasteiger partial charge is 0.494 e. The second-order valence-corrected chi connectivity index (χ2v) is 9.15. The van der Waals surface area contributed by atoms with Crippen LogP contribution in [-0.2, 0) is 11.3 Å². The maximum Gasteiger partial charge on any atom is 0.244 e. The van der Waals surface area contributed by atoms with Gasteiger partial charge in [-0.3, -0.25) is 14.4 Å². The van der Waals surface area contributed by atoms with Gasteiger partial charge in [0.2, 0.25) is 11.3 Å². The molecule has 4 aromatic rings. The highest BCUT2D eigenvalue weighted by Gasteiger charge is 2.22. The molecule has 5 rings (SSSR count). The number of anilines is 1. The number of fused-ring (bicyclic) bond motifs is 2. The van der Waals surface area contributed by atoms with Crippen molar-refractivity contribution in [1.82, 2.24) is 4.57 Å². The molecule has 0 saturated carbocycles. The van der Waals surface area contributed by atoms with E-state index in [2.05, 4.69) is 5.32 Å². The van der Waals surface area contributed by atoms with E-state index < -0.39 is 11.2 Å². The van der Waals surface area contributed by atoms with Gasteiger partial charge in [0.1, 0.15) is 25.5 Å². The number of ketones is 1. The van der Waals surface area contributed by atoms with Crippen LogP contribution in [0.15, 0.2) is 65.6 Å². The number of aromatic nitrogens is 1. The van der Waals surface area contributed by atoms with Crippen molar-refractivity contribution in [2.75, 3.05) is 25.1 Å². The molecule has 194 valence electrons. The highest BCUT2D eigenvalue weighted by Crippen LogP contribution is 2.34. The standard InChI is InChI=1S/C30H28N2O6/c1-4-36-22-9-7-21(8-10-22)31-28(33)17-32-16-24(29(34)20-6-5-18(2)19(3)13-20)30(35)23-14-26-27(15-25(23)32)38-12-11-37-26/h5-10,13-16H,4,11-12,17H2,1-3H3,(H,31,33). The van der Waals surface area contributed by atoms with Gasteiger partial charge < -0.3 is 24.1 Å². The van der Waals surface area contributed by atoms with Crippen molar-refractivity contribution < 1.29 is 23.8 Å². The van der Waals surface area contributed by atoms with E-state index in [9.17, 15) is 14.4 Å². The summed E-state index contributed by atoms with van der Waals surface area (Å²) in [6, 6.07) is 15.7. The molecule has 0 bridgehead atoms. The molecule has 0 aliphatic carbocycles. The van der Waals surface area contributed by atoms with E-state index in [4.69, 9.17) is 14.2 Å². The third-order valence-electron chi connectivity index (χ3n) is 6.52. The Hall–Kier alpha value is -4.59. The number of hydrogen-bond donors (Lipinski definition) is 1. The minimum atomic E-state index is -0.427. The predicted octanol–water partition coefficient (Wildman–Crippen LogP) is 4.66. The first-order valence-electron chi connectivity index (χ1n) is 12.5. The molecule has 1 aliphatic heterocycles. The van der Waals surface area contributed by atoms with Crippen LogP contribution in [-0.4, -0.2) is 36.1 Å². The van der Waals surface area contributed by atoms with Crippen molar-refractivity contribution in [2.45, 2.75) is 27.3 Å². The number of nitrogens with one attached hydrogen (secondary N) is 1. The zero-order valence-electron chi connectivity index (χ0n) is 21.5. The van der Waals surface area contributed by atoms with Crippen LogP contribution in [0.1, 0.15) is 34.0 Å². The van der Waals surface area contributed by atoms with Crippen LogP contribution in [0.3, 0.4) is 0 Å². The van der Waals surface area contributed by atoms with Crippen LogP contribution < -0.4 is 25.0 Å². The third-order valence-corrected chi connectivity index (χ3v) is 6.52. The number of carbonyl (C=O) groups is 2. The summed E-state index contributed by atoms with van der Waals surface area (Å²) in [6.45, 7) is 6.94. The lowest BCUT2D eigenvalue weighted by Gasteiger charge is -2.20. The molecule has 0 fully saturated rings. The number of carbonyl (C=O) groups excluding carboxylic acids is 2. The molecule has 3 aromatic carbocycles. The molecule has 1 aliphatic rings. The number of rotatable bonds is 7. The van der Waals surface area contributed by atoms with Crippen LogP contribution in [0, 0.1) is 13.8 Å². The summed E-state index contributed by atoms with van der Waals surface area (Å²) in [5, 5.41) is 3.14. The summed E-state index contributed by atoms with van der Waals surface area (Å²) >= 11 is 0. The van der Waals surface area contributed by atoms with Gasteiger partial charge in [-0.15, -0.1) is 0 Å². The monoisotopic (exact) mass is 512 g/mol. The van der Waals surface area contributed by atoms with Crippen molar-refractivity contribution in [3.8, 4) is 17.2 Å². The molecule has 1 amide bonds. The van der Waals surface area contributed by atoms with Crippen molar-refractivity contribution in [1.29, 1.82) is 0 Å². The summed E-state index contributed by atoms with van der Waals surface area (Å²) in [5.41, 5.74) is 3.03. The normalized spacial score (nSPS) is 12.3. The molecule has 8 heteroatoms. The number of nitrogens with zero attached hydrogens (tertiary/aromatic N) is 1. The maximum atomic E-state index is 13.6. The fourth-order valence-electron chi connectivity index (χ4n) is 4.41. The van der Waals surface area contributed by atoms with Crippen LogP contribution in [0.5, 0.6) is 17.2 Å². The van der Waals surface area contributed by atoms with Crippen LogP contribution >= 0.6 is 0 Å². The third kappa shape index (κ3) is 4.98. The molecule has 38 heavy (non-hydrogen) atoms. The van der Waals surface area contributed by atoms with Crippen LogP contribution in [0.4, 0.5) is 5.69 Å². The van der Waals surface area contributed by atoms with E-state index in [1.807, 2.05) is 26.8 Å². The number of benzene rings is 3. The van der Waals surface area contributed by atoms with E-state index in [-0.39, 0.29) is 23.4 Å². The minimum absolute atomic E-state index is 0.0219. The maximum absolute atomic E-state index is 13.6. The minimum Gasteiger partial charge on any atom is -0.494 e. The van der Waals surface area contributed by atoms with Gasteiger partial charge in [0.25, 0.3) is 0 Å². The van der Waals surface area contributed by atoms with Gasteiger partial charge in [-0.2, -0.15) is 0 Å². The van der Waals surface area contributed by atoms with Gasteiger partial charge in [-0.25, -0.2) is 0 Å². The van der Waals surface area contributed by atoms with Crippen molar-refractivity contribution in [3.05, 3.63) is 93.3 Å². The summed E-state index contributed by atoms with van der Waals surface area (Å²) in [7, 11) is 0. The van der Waals surface area contributed by atoms with E-state index in [0.29, 0.717) is 53.8 Å². The summed E-state index contributed by atoms with van der Waals surface area (Å²) < 4.78 is 18.4. The Kier molecular flexibility index (Phi) is 6.87. The van der Waals surface area contributed by atoms with Gasteiger partial charge in [0.05, 0.1) is 23.1 Å². The number of hydrogen-bond acceptors (Lipinski definition) is 6. The average Bonchev–Trinajstić information content (AvgIpc) is 2.92. The first-order chi connectivity index (χ1) is 18.3. The highest BCUT2D eigenvalue weighted by molar-refractivity contribution is 6.10. The van der Waals surface area contributed by atoms with Crippen LogP contribution in [0.25, 0.3) is 10.9 Å². The summed E-state index contributed by atoms with van der Waals surface area (Å²) in [4.78, 5) is 40.1. The van der Waals surface area contributed by atoms with Gasteiger partial charge in [0, 0.05) is 23.5 Å². The van der Waals surface area contributed by atoms with Crippen molar-refractivity contribution >= 4 is 28.3 Å². The van der Waals surface area contributed by atoms with Gasteiger partial charge in [-0.05, 0) is 68.3 Å². The topological polar surface area (TPSA) is 95.9 Å². The molecule has 0 spiro atoms. The number of amides is 1. The molecular weight excluding hydrogens is 484 g/mol. The number of pyridine rings is 1. The fourth-order valence-corrected chi connectivity index (χ4v) is 4.41. The Bertz CT molecular complexity index is 1600. The summed E-state index contributed by atoms with van der Waals surface area (Å²) in [6.07, 6.45) is 1.45. The second kappa shape index (κ2) is 10.4. The summed E-state index contributed by atoms with van der Waals surface area (Å²) in [5.74, 6) is 0.895. The van der Waals surface area contributed by atoms with E-state index in [1.54, 1.807) is 53.1 Å². The van der Waals surface area contributed by atoms with Gasteiger partial charge >= 0.3 is 0 Å². The van der Waals surface area contributed by atoms with Gasteiger partial charge in [0.15, 0.2) is 17.3 Å². The molecule has 0 saturated heterocycles. The predicted molar refractivity (Wildman–Crippen MR) is 145 cm³/mol. The zero-order chi connectivity index (χ0) is 26.8. The Morgan fingerprint density at radius 2 is 1.66 bits per heavy atom. The zero-order valence-corrected chi connectivity index (χ0v) is 21.5. The molecule has 0 atom stereocenters. The molecule has 0 radical (unpaired) electrons. The van der Waals surface area contributed by atoms with Gasteiger partial charge in [-0.1, -0.05) is 12.1 Å². The SMILES string of the molecule is CCOc1ccc(NC(=O)Cn2cc(C(=O)c3ccc(C)c(C)c3)c(=O)c3cc4c(cc32)OCCO4)cc1. The number of ether oxygens (including phenoxy) is 3. The van der Waals surface area contributed by atoms with Crippen molar-refractivity contribution in [2.24, 2.45) is 0 Å². The lowest BCUT2D eigenvalue weighted by molar-refractivity contribution is -0.116. The first kappa shape index (κ1) is 25.1. The Morgan fingerprint density at radius 3 is 2.34 bits per heavy atom. The lowest BCUT2D eigenvalue weighted by Crippen LogP contribution is -2.25. The average molecular weight is 513 g/mol.